The van der Waals surface area contributed by atoms with Gasteiger partial charge in [0.15, 0.2) is 0 Å². The average molecular weight is 366 g/mol. The monoisotopic (exact) mass is 365 g/mol. The summed E-state index contributed by atoms with van der Waals surface area (Å²) < 4.78 is 0. The number of rotatable bonds is 6. The highest BCUT2D eigenvalue weighted by Gasteiger charge is 2.10. The van der Waals surface area contributed by atoms with Gasteiger partial charge < -0.3 is 10.6 Å². The Labute approximate surface area is 151 Å². The van der Waals surface area contributed by atoms with E-state index >= 15 is 0 Å². The van der Waals surface area contributed by atoms with E-state index in [1.54, 1.807) is 23.5 Å². The summed E-state index contributed by atoms with van der Waals surface area (Å²) in [5, 5.41) is 0. The van der Waals surface area contributed by atoms with Crippen LogP contribution in [-0.4, -0.2) is 30.9 Å². The predicted octanol–water partition coefficient (Wildman–Crippen LogP) is 4.82. The summed E-state index contributed by atoms with van der Waals surface area (Å²) in [6, 6.07) is 16.2. The van der Waals surface area contributed by atoms with E-state index in [4.69, 9.17) is 17.3 Å². The summed E-state index contributed by atoms with van der Waals surface area (Å²) in [7, 11) is 1.93. The normalized spacial score (nSPS) is 11.5. The molecule has 0 heterocycles. The van der Waals surface area contributed by atoms with Crippen molar-refractivity contribution in [2.24, 2.45) is 10.7 Å². The lowest BCUT2D eigenvalue weighted by molar-refractivity contribution is 1.18. The van der Waals surface area contributed by atoms with Crippen LogP contribution in [0.4, 0.5) is 11.4 Å². The Morgan fingerprint density at radius 2 is 2.00 bits per heavy atom. The van der Waals surface area contributed by atoms with Gasteiger partial charge in [0, 0.05) is 28.5 Å². The molecule has 0 unspecified atom stereocenters. The molecule has 2 aromatic carbocycles. The van der Waals surface area contributed by atoms with E-state index in [0.717, 1.165) is 22.0 Å². The highest BCUT2D eigenvalue weighted by atomic mass is 35.5. The molecule has 2 N–H and O–H groups in total. The van der Waals surface area contributed by atoms with Gasteiger partial charge in [-0.05, 0) is 36.6 Å². The van der Waals surface area contributed by atoms with Gasteiger partial charge in [0.1, 0.15) is 0 Å². The summed E-state index contributed by atoms with van der Waals surface area (Å²) in [6.45, 7) is 0. The summed E-state index contributed by atoms with van der Waals surface area (Å²) in [6.07, 6.45) is 2.04. The number of nitrogens with zero attached hydrogens (tertiary/aromatic N) is 2. The van der Waals surface area contributed by atoms with Gasteiger partial charge in [-0.1, -0.05) is 18.2 Å². The number of hydrogen-bond acceptors (Lipinski definition) is 3. The molecule has 6 heteroatoms. The molecule has 0 aromatic heterocycles. The van der Waals surface area contributed by atoms with E-state index in [9.17, 15) is 0 Å². The van der Waals surface area contributed by atoms with Crippen molar-refractivity contribution in [2.45, 2.75) is 9.79 Å². The Bertz CT molecular complexity index is 676. The quantitative estimate of drug-likeness (QED) is 0.345. The van der Waals surface area contributed by atoms with Gasteiger partial charge in [-0.2, -0.15) is 0 Å². The van der Waals surface area contributed by atoms with Gasteiger partial charge in [0.25, 0.3) is 0 Å². The topological polar surface area (TPSA) is 41.6 Å². The van der Waals surface area contributed by atoms with E-state index in [1.165, 1.54) is 4.90 Å². The minimum absolute atomic E-state index is 0.460. The number of guanidine groups is 1. The smallest absolute Gasteiger partial charge is 0.200 e. The first-order valence-electron chi connectivity index (χ1n) is 7.15. The Hall–Kier alpha value is -1.30. The Morgan fingerprint density at radius 1 is 1.22 bits per heavy atom. The first-order valence-corrected chi connectivity index (χ1v) is 9.90. The van der Waals surface area contributed by atoms with Crippen molar-refractivity contribution in [1.29, 1.82) is 0 Å². The second-order valence-corrected chi connectivity index (χ2v) is 7.13. The van der Waals surface area contributed by atoms with Crippen LogP contribution in [0.3, 0.4) is 0 Å². The van der Waals surface area contributed by atoms with Crippen LogP contribution in [0.2, 0.25) is 0 Å². The summed E-state index contributed by atoms with van der Waals surface area (Å²) >= 11 is 9.20. The van der Waals surface area contributed by atoms with E-state index in [1.807, 2.05) is 54.6 Å². The van der Waals surface area contributed by atoms with E-state index < -0.39 is 0 Å². The van der Waals surface area contributed by atoms with E-state index in [-0.39, 0.29) is 0 Å². The standard InChI is InChI=1S/C17H20ClN3S2/c1-21(15-8-3-4-9-16(15)23-11-10-18)17(19)20-13-6-5-7-14(12-13)22-2/h3-9,12H,10-11H2,1-2H3,(H2,19,20). The fourth-order valence-corrected chi connectivity index (χ4v) is 3.52. The Morgan fingerprint density at radius 3 is 2.74 bits per heavy atom. The molecule has 122 valence electrons. The first-order chi connectivity index (χ1) is 11.2. The number of nitrogens with two attached hydrogens (primary N) is 1. The van der Waals surface area contributed by atoms with Crippen LogP contribution in [0.1, 0.15) is 0 Å². The molecule has 0 aliphatic carbocycles. The van der Waals surface area contributed by atoms with Gasteiger partial charge in [-0.15, -0.1) is 35.1 Å². The Kier molecular flexibility index (Phi) is 7.15. The zero-order valence-electron chi connectivity index (χ0n) is 13.2. The van der Waals surface area contributed by atoms with Crippen LogP contribution < -0.4 is 10.6 Å². The second-order valence-electron chi connectivity index (χ2n) is 4.74. The van der Waals surface area contributed by atoms with Crippen LogP contribution in [0.25, 0.3) is 0 Å². The molecule has 0 aliphatic heterocycles. The molecule has 0 spiro atoms. The molecule has 0 saturated heterocycles. The second kappa shape index (κ2) is 9.11. The number of halogens is 1. The average Bonchev–Trinajstić information content (AvgIpc) is 2.59. The van der Waals surface area contributed by atoms with E-state index in [0.29, 0.717) is 11.8 Å². The summed E-state index contributed by atoms with van der Waals surface area (Å²) in [5.74, 6) is 1.94. The molecule has 0 saturated carbocycles. The minimum Gasteiger partial charge on any atom is -0.369 e. The van der Waals surface area contributed by atoms with Gasteiger partial charge in [-0.25, -0.2) is 4.99 Å². The fraction of sp³-hybridized carbons (Fsp3) is 0.235. The molecular formula is C17H20ClN3S2. The number of hydrogen-bond donors (Lipinski definition) is 1. The number of aliphatic imine (C=N–C) groups is 1. The maximum absolute atomic E-state index is 6.20. The van der Waals surface area contributed by atoms with Crippen molar-refractivity contribution in [1.82, 2.24) is 0 Å². The van der Waals surface area contributed by atoms with Crippen LogP contribution in [0, 0.1) is 0 Å². The van der Waals surface area contributed by atoms with Crippen molar-refractivity contribution in [3.05, 3.63) is 48.5 Å². The third-order valence-electron chi connectivity index (χ3n) is 3.20. The summed E-state index contributed by atoms with van der Waals surface area (Å²) in [5.41, 5.74) is 8.09. The number of anilines is 1. The number of alkyl halides is 1. The summed E-state index contributed by atoms with van der Waals surface area (Å²) in [4.78, 5) is 8.75. The lowest BCUT2D eigenvalue weighted by Gasteiger charge is -2.21. The molecule has 2 rings (SSSR count). The lowest BCUT2D eigenvalue weighted by atomic mass is 10.3. The number of benzene rings is 2. The molecule has 3 nitrogen and oxygen atoms in total. The van der Waals surface area contributed by atoms with Gasteiger partial charge >= 0.3 is 0 Å². The number of thioether (sulfide) groups is 2. The SMILES string of the molecule is CSc1cccc(N=C(N)N(C)c2ccccc2SCCCl)c1. The third kappa shape index (κ3) is 5.09. The molecule has 0 aliphatic rings. The largest absolute Gasteiger partial charge is 0.369 e. The molecular weight excluding hydrogens is 346 g/mol. The van der Waals surface area contributed by atoms with Crippen molar-refractivity contribution in [3.63, 3.8) is 0 Å². The molecule has 23 heavy (non-hydrogen) atoms. The lowest BCUT2D eigenvalue weighted by Crippen LogP contribution is -2.33. The number of para-hydroxylation sites is 1. The highest BCUT2D eigenvalue weighted by molar-refractivity contribution is 7.99. The van der Waals surface area contributed by atoms with Crippen LogP contribution in [0.5, 0.6) is 0 Å². The van der Waals surface area contributed by atoms with Crippen molar-refractivity contribution >= 4 is 52.5 Å². The maximum atomic E-state index is 6.20. The molecule has 0 amide bonds. The molecule has 0 radical (unpaired) electrons. The molecule has 0 atom stereocenters. The predicted molar refractivity (Wildman–Crippen MR) is 106 cm³/mol. The fourth-order valence-electron chi connectivity index (χ4n) is 2.02. The maximum Gasteiger partial charge on any atom is 0.200 e. The van der Waals surface area contributed by atoms with Crippen molar-refractivity contribution in [2.75, 3.05) is 29.8 Å². The first kappa shape index (κ1) is 18.0. The zero-order chi connectivity index (χ0) is 16.7. The van der Waals surface area contributed by atoms with E-state index in [2.05, 4.69) is 17.1 Å². The van der Waals surface area contributed by atoms with Crippen molar-refractivity contribution < 1.29 is 0 Å². The van der Waals surface area contributed by atoms with Gasteiger partial charge in [-0.3, -0.25) is 0 Å². The molecule has 0 fully saturated rings. The van der Waals surface area contributed by atoms with Crippen LogP contribution in [-0.2, 0) is 0 Å². The Balaban J connectivity index is 2.25. The molecule has 2 aromatic rings. The zero-order valence-corrected chi connectivity index (χ0v) is 15.6. The van der Waals surface area contributed by atoms with Gasteiger partial charge in [0.2, 0.25) is 5.96 Å². The van der Waals surface area contributed by atoms with Crippen LogP contribution in [0.15, 0.2) is 63.3 Å². The van der Waals surface area contributed by atoms with Crippen LogP contribution >= 0.6 is 35.1 Å². The third-order valence-corrected chi connectivity index (χ3v) is 5.40. The molecule has 0 bridgehead atoms. The van der Waals surface area contributed by atoms with Crippen molar-refractivity contribution in [3.8, 4) is 0 Å². The highest BCUT2D eigenvalue weighted by Crippen LogP contribution is 2.30. The minimum atomic E-state index is 0.460. The van der Waals surface area contributed by atoms with Gasteiger partial charge in [0.05, 0.1) is 11.4 Å².